The van der Waals surface area contributed by atoms with Crippen LogP contribution in [0.4, 0.5) is 0 Å². The van der Waals surface area contributed by atoms with E-state index in [1.807, 2.05) is 26.0 Å². The van der Waals surface area contributed by atoms with Gasteiger partial charge in [-0.1, -0.05) is 17.7 Å². The molecule has 1 aromatic heterocycles. The van der Waals surface area contributed by atoms with Gasteiger partial charge in [0.25, 0.3) is 5.91 Å². The number of hydrogen-bond acceptors (Lipinski definition) is 5. The van der Waals surface area contributed by atoms with Crippen LogP contribution >= 0.6 is 0 Å². The normalized spacial score (nSPS) is 10.2. The van der Waals surface area contributed by atoms with Gasteiger partial charge in [-0.2, -0.15) is 0 Å². The molecule has 1 aromatic carbocycles. The lowest BCUT2D eigenvalue weighted by atomic mass is 10.0. The molecule has 0 bridgehead atoms. The van der Waals surface area contributed by atoms with Crippen LogP contribution in [0.1, 0.15) is 38.5 Å². The number of ether oxygens (including phenoxy) is 1. The maximum Gasteiger partial charge on any atom is 0.308 e. The van der Waals surface area contributed by atoms with E-state index in [0.717, 1.165) is 11.1 Å². The van der Waals surface area contributed by atoms with Gasteiger partial charge < -0.3 is 14.5 Å². The molecule has 0 saturated heterocycles. The van der Waals surface area contributed by atoms with Crippen molar-refractivity contribution in [1.29, 1.82) is 0 Å². The van der Waals surface area contributed by atoms with E-state index < -0.39 is 11.9 Å². The number of hydrogen-bond donors (Lipinski definition) is 1. The minimum Gasteiger partial charge on any atom is -0.459 e. The molecular formula is C18H19NO5. The van der Waals surface area contributed by atoms with E-state index >= 15 is 0 Å². The first-order valence-corrected chi connectivity index (χ1v) is 7.55. The summed E-state index contributed by atoms with van der Waals surface area (Å²) in [5.41, 5.74) is 2.36. The fourth-order valence-corrected chi connectivity index (χ4v) is 2.11. The number of rotatable bonds is 7. The standard InChI is InChI=1S/C18H19NO5/c1-12-5-6-13(2)14(10-12)15(20)11-24-17(21)7-8-19-18(22)16-4-3-9-23-16/h3-6,9-10H,7-8,11H2,1-2H3,(H,19,22). The van der Waals surface area contributed by atoms with Crippen LogP contribution < -0.4 is 5.32 Å². The number of carbonyl (C=O) groups is 3. The highest BCUT2D eigenvalue weighted by Crippen LogP contribution is 2.11. The Hall–Kier alpha value is -2.89. The van der Waals surface area contributed by atoms with Gasteiger partial charge in [0.15, 0.2) is 12.4 Å². The van der Waals surface area contributed by atoms with E-state index in [0.29, 0.717) is 5.56 Å². The highest BCUT2D eigenvalue weighted by atomic mass is 16.5. The van der Waals surface area contributed by atoms with E-state index in [1.54, 1.807) is 12.1 Å². The predicted molar refractivity (Wildman–Crippen MR) is 86.9 cm³/mol. The molecule has 0 aliphatic rings. The SMILES string of the molecule is Cc1ccc(C)c(C(=O)COC(=O)CCNC(=O)c2ccco2)c1. The van der Waals surface area contributed by atoms with Crippen LogP contribution in [0.2, 0.25) is 0 Å². The van der Waals surface area contributed by atoms with Crippen LogP contribution in [0, 0.1) is 13.8 Å². The third-order valence-electron chi connectivity index (χ3n) is 3.42. The topological polar surface area (TPSA) is 85.6 Å². The molecule has 0 fully saturated rings. The molecule has 0 atom stereocenters. The van der Waals surface area contributed by atoms with Gasteiger partial charge in [-0.25, -0.2) is 0 Å². The van der Waals surface area contributed by atoms with Crippen LogP contribution in [0.15, 0.2) is 41.0 Å². The molecule has 0 radical (unpaired) electrons. The number of ketones is 1. The Morgan fingerprint density at radius 3 is 2.67 bits per heavy atom. The van der Waals surface area contributed by atoms with Crippen molar-refractivity contribution >= 4 is 17.7 Å². The molecule has 6 nitrogen and oxygen atoms in total. The first-order valence-electron chi connectivity index (χ1n) is 7.55. The van der Waals surface area contributed by atoms with Crippen molar-refractivity contribution in [3.8, 4) is 0 Å². The number of nitrogens with one attached hydrogen (secondary N) is 1. The Bertz CT molecular complexity index is 734. The molecule has 0 spiro atoms. The zero-order valence-corrected chi connectivity index (χ0v) is 13.6. The molecular weight excluding hydrogens is 310 g/mol. The van der Waals surface area contributed by atoms with Gasteiger partial charge in [-0.05, 0) is 37.6 Å². The molecule has 6 heteroatoms. The summed E-state index contributed by atoms with van der Waals surface area (Å²) in [7, 11) is 0. The minimum atomic E-state index is -0.548. The maximum absolute atomic E-state index is 12.1. The summed E-state index contributed by atoms with van der Waals surface area (Å²) in [6.07, 6.45) is 1.37. The summed E-state index contributed by atoms with van der Waals surface area (Å²) in [5.74, 6) is -1.02. The molecule has 1 N–H and O–H groups in total. The summed E-state index contributed by atoms with van der Waals surface area (Å²) in [6.45, 7) is 3.52. The van der Waals surface area contributed by atoms with E-state index in [2.05, 4.69) is 5.32 Å². The quantitative estimate of drug-likeness (QED) is 0.623. The lowest BCUT2D eigenvalue weighted by Gasteiger charge is -2.08. The highest BCUT2D eigenvalue weighted by molar-refractivity contribution is 5.99. The summed E-state index contributed by atoms with van der Waals surface area (Å²) in [6, 6.07) is 8.67. The molecule has 0 aliphatic carbocycles. The lowest BCUT2D eigenvalue weighted by Crippen LogP contribution is -2.26. The van der Waals surface area contributed by atoms with Gasteiger partial charge in [0.05, 0.1) is 12.7 Å². The zero-order chi connectivity index (χ0) is 17.5. The summed E-state index contributed by atoms with van der Waals surface area (Å²) < 4.78 is 9.89. The van der Waals surface area contributed by atoms with Crippen molar-refractivity contribution in [1.82, 2.24) is 5.32 Å². The molecule has 2 aromatic rings. The largest absolute Gasteiger partial charge is 0.459 e. The fourth-order valence-electron chi connectivity index (χ4n) is 2.11. The molecule has 0 unspecified atom stereocenters. The summed E-state index contributed by atoms with van der Waals surface area (Å²) in [5, 5.41) is 2.53. The van der Waals surface area contributed by atoms with Crippen molar-refractivity contribution < 1.29 is 23.5 Å². The van der Waals surface area contributed by atoms with E-state index in [4.69, 9.17) is 9.15 Å². The van der Waals surface area contributed by atoms with Gasteiger partial charge in [-0.15, -0.1) is 0 Å². The number of benzene rings is 1. The Morgan fingerprint density at radius 1 is 1.17 bits per heavy atom. The molecule has 24 heavy (non-hydrogen) atoms. The molecule has 2 rings (SSSR count). The smallest absolute Gasteiger partial charge is 0.308 e. The molecule has 0 saturated carbocycles. The summed E-state index contributed by atoms with van der Waals surface area (Å²) in [4.78, 5) is 35.3. The van der Waals surface area contributed by atoms with Crippen molar-refractivity contribution in [2.45, 2.75) is 20.3 Å². The van der Waals surface area contributed by atoms with E-state index in [1.165, 1.54) is 12.3 Å². The number of esters is 1. The second-order valence-electron chi connectivity index (χ2n) is 5.39. The minimum absolute atomic E-state index is 0.0213. The molecule has 0 aliphatic heterocycles. The van der Waals surface area contributed by atoms with Crippen molar-refractivity contribution in [2.24, 2.45) is 0 Å². The molecule has 1 amide bonds. The average molecular weight is 329 g/mol. The van der Waals surface area contributed by atoms with Crippen LogP contribution in [0.25, 0.3) is 0 Å². The van der Waals surface area contributed by atoms with Crippen molar-refractivity contribution in [3.05, 3.63) is 59.0 Å². The maximum atomic E-state index is 12.1. The van der Waals surface area contributed by atoms with Crippen LogP contribution in [-0.2, 0) is 9.53 Å². The Labute approximate surface area is 139 Å². The van der Waals surface area contributed by atoms with Crippen LogP contribution in [0.5, 0.6) is 0 Å². The first-order chi connectivity index (χ1) is 11.5. The summed E-state index contributed by atoms with van der Waals surface area (Å²) >= 11 is 0. The number of aryl methyl sites for hydroxylation is 2. The number of Topliss-reactive ketones (excluding diaryl/α,β-unsaturated/α-hetero) is 1. The fraction of sp³-hybridized carbons (Fsp3) is 0.278. The Morgan fingerprint density at radius 2 is 1.96 bits per heavy atom. The van der Waals surface area contributed by atoms with Crippen LogP contribution in [0.3, 0.4) is 0 Å². The van der Waals surface area contributed by atoms with Gasteiger partial charge in [0.1, 0.15) is 0 Å². The Kier molecular flexibility index (Phi) is 5.89. The molecule has 126 valence electrons. The van der Waals surface area contributed by atoms with Gasteiger partial charge >= 0.3 is 5.97 Å². The van der Waals surface area contributed by atoms with Gasteiger partial charge in [0.2, 0.25) is 5.78 Å². The van der Waals surface area contributed by atoms with Gasteiger partial charge in [0, 0.05) is 12.1 Å². The average Bonchev–Trinajstić information content (AvgIpc) is 3.09. The second-order valence-corrected chi connectivity index (χ2v) is 5.39. The van der Waals surface area contributed by atoms with E-state index in [9.17, 15) is 14.4 Å². The first kappa shape index (κ1) is 17.5. The monoisotopic (exact) mass is 329 g/mol. The van der Waals surface area contributed by atoms with Crippen molar-refractivity contribution in [3.63, 3.8) is 0 Å². The number of amides is 1. The Balaban J connectivity index is 1.74. The highest BCUT2D eigenvalue weighted by Gasteiger charge is 2.13. The van der Waals surface area contributed by atoms with E-state index in [-0.39, 0.29) is 31.1 Å². The van der Waals surface area contributed by atoms with Crippen molar-refractivity contribution in [2.75, 3.05) is 13.2 Å². The number of furan rings is 1. The zero-order valence-electron chi connectivity index (χ0n) is 13.6. The third-order valence-corrected chi connectivity index (χ3v) is 3.42. The number of carbonyl (C=O) groups excluding carboxylic acids is 3. The lowest BCUT2D eigenvalue weighted by molar-refractivity contribution is -0.142. The van der Waals surface area contributed by atoms with Gasteiger partial charge in [-0.3, -0.25) is 14.4 Å². The third kappa shape index (κ3) is 4.81. The second kappa shape index (κ2) is 8.10. The van der Waals surface area contributed by atoms with Crippen LogP contribution in [-0.4, -0.2) is 30.8 Å². The molecule has 1 heterocycles. The predicted octanol–water partition coefficient (Wildman–Crippen LogP) is 2.44.